The topological polar surface area (TPSA) is 80.4 Å². The summed E-state index contributed by atoms with van der Waals surface area (Å²) in [6.45, 7) is 5.66. The van der Waals surface area contributed by atoms with E-state index in [0.29, 0.717) is 5.56 Å². The number of hydrogen-bond acceptors (Lipinski definition) is 6. The maximum absolute atomic E-state index is 13.6. The summed E-state index contributed by atoms with van der Waals surface area (Å²) in [5, 5.41) is 2.03. The number of carbonyl (C=O) groups is 1. The molecule has 0 N–H and O–H groups in total. The van der Waals surface area contributed by atoms with Crippen LogP contribution in [-0.2, 0) is 21.3 Å². The molecule has 2 aliphatic heterocycles. The first kappa shape index (κ1) is 19.6. The lowest BCUT2D eigenvalue weighted by Gasteiger charge is -2.24. The first-order valence-electron chi connectivity index (χ1n) is 10.7. The third kappa shape index (κ3) is 2.83. The maximum Gasteiger partial charge on any atom is 0.194 e. The van der Waals surface area contributed by atoms with Crippen molar-refractivity contribution in [3.05, 3.63) is 60.3 Å². The van der Waals surface area contributed by atoms with Crippen LogP contribution in [0, 0.1) is 6.92 Å². The van der Waals surface area contributed by atoms with E-state index < -0.39 is 30.3 Å². The van der Waals surface area contributed by atoms with Gasteiger partial charge in [-0.3, -0.25) is 4.79 Å². The van der Waals surface area contributed by atoms with Crippen LogP contribution >= 0.6 is 0 Å². The lowest BCUT2D eigenvalue weighted by molar-refractivity contribution is -0.190. The largest absolute Gasteiger partial charge is 0.351 e. The Kier molecular flexibility index (Phi) is 4.11. The molecule has 0 amide bonds. The second kappa shape index (κ2) is 6.71. The number of aryl methyl sites for hydroxylation is 2. The van der Waals surface area contributed by atoms with Gasteiger partial charge in [-0.15, -0.1) is 0 Å². The molecular formula is C24H24N4O4. The third-order valence-electron chi connectivity index (χ3n) is 6.44. The Hall–Kier alpha value is -3.07. The zero-order chi connectivity index (χ0) is 22.2. The summed E-state index contributed by atoms with van der Waals surface area (Å²) in [7, 11) is 1.96. The lowest BCUT2D eigenvalue weighted by atomic mass is 10.00. The molecule has 5 heterocycles. The van der Waals surface area contributed by atoms with Gasteiger partial charge in [0.2, 0.25) is 0 Å². The van der Waals surface area contributed by atoms with Crippen LogP contribution < -0.4 is 0 Å². The van der Waals surface area contributed by atoms with Crippen molar-refractivity contribution in [2.75, 3.05) is 0 Å². The minimum Gasteiger partial charge on any atom is -0.351 e. The average molecular weight is 432 g/mol. The Labute approximate surface area is 184 Å². The second-order valence-electron chi connectivity index (χ2n) is 9.00. The van der Waals surface area contributed by atoms with Crippen LogP contribution in [0.1, 0.15) is 36.1 Å². The number of ketones is 1. The molecule has 4 atom stereocenters. The molecule has 8 heteroatoms. The molecule has 0 bridgehead atoms. The van der Waals surface area contributed by atoms with Crippen molar-refractivity contribution in [2.24, 2.45) is 7.05 Å². The maximum atomic E-state index is 13.6. The molecule has 0 spiro atoms. The highest BCUT2D eigenvalue weighted by atomic mass is 16.8. The molecule has 3 aromatic heterocycles. The van der Waals surface area contributed by atoms with E-state index in [0.717, 1.165) is 27.6 Å². The molecule has 8 nitrogen and oxygen atoms in total. The van der Waals surface area contributed by atoms with E-state index >= 15 is 0 Å². The van der Waals surface area contributed by atoms with Crippen LogP contribution in [-0.4, -0.2) is 49.0 Å². The van der Waals surface area contributed by atoms with Crippen molar-refractivity contribution in [3.8, 4) is 0 Å². The Morgan fingerprint density at radius 1 is 1.06 bits per heavy atom. The number of fused-ring (bicyclic) bond motifs is 3. The summed E-state index contributed by atoms with van der Waals surface area (Å²) in [5.74, 6) is -0.930. The van der Waals surface area contributed by atoms with Crippen LogP contribution in [0.4, 0.5) is 0 Å². The van der Waals surface area contributed by atoms with Crippen LogP contribution in [0.2, 0.25) is 0 Å². The van der Waals surface area contributed by atoms with Crippen molar-refractivity contribution in [1.29, 1.82) is 0 Å². The fourth-order valence-corrected chi connectivity index (χ4v) is 4.89. The fraction of sp³-hybridized carbons (Fsp3) is 0.375. The van der Waals surface area contributed by atoms with Crippen LogP contribution in [0.25, 0.3) is 21.9 Å². The molecule has 2 fully saturated rings. The quantitative estimate of drug-likeness (QED) is 0.461. The normalized spacial score (nSPS) is 26.8. The SMILES string of the molecule is Cc1ncnc2c1ccn2[C@@H]1O[C@H](C(=O)c2ccc3ccn(C)c3c2)[C@H]2OC(C)(C)O[C@H]21. The minimum atomic E-state index is -0.814. The smallest absolute Gasteiger partial charge is 0.194 e. The van der Waals surface area contributed by atoms with Crippen LogP contribution in [0.5, 0.6) is 0 Å². The van der Waals surface area contributed by atoms with Crippen LogP contribution in [0.3, 0.4) is 0 Å². The highest BCUT2D eigenvalue weighted by molar-refractivity contribution is 6.02. The van der Waals surface area contributed by atoms with E-state index in [1.807, 2.05) is 79.7 Å². The molecule has 0 aliphatic carbocycles. The van der Waals surface area contributed by atoms with Crippen LogP contribution in [0.15, 0.2) is 49.1 Å². The van der Waals surface area contributed by atoms with Crippen molar-refractivity contribution in [3.63, 3.8) is 0 Å². The molecule has 6 rings (SSSR count). The first-order valence-corrected chi connectivity index (χ1v) is 10.7. The number of carbonyl (C=O) groups excluding carboxylic acids is 1. The van der Waals surface area contributed by atoms with Gasteiger partial charge in [0.25, 0.3) is 0 Å². The summed E-state index contributed by atoms with van der Waals surface area (Å²) in [6.07, 6.45) is 3.13. The van der Waals surface area contributed by atoms with Gasteiger partial charge < -0.3 is 23.3 Å². The molecular weight excluding hydrogens is 408 g/mol. The summed E-state index contributed by atoms with van der Waals surface area (Å²) >= 11 is 0. The Bertz CT molecular complexity index is 1370. The number of Topliss-reactive ketones (excluding diaryl/α,β-unsaturated/α-hetero) is 1. The lowest BCUT2D eigenvalue weighted by Crippen LogP contribution is -2.35. The molecule has 2 saturated heterocycles. The van der Waals surface area contributed by atoms with E-state index in [-0.39, 0.29) is 5.78 Å². The number of ether oxygens (including phenoxy) is 3. The molecule has 2 aliphatic rings. The number of rotatable bonds is 3. The van der Waals surface area contributed by atoms with E-state index in [1.54, 1.807) is 0 Å². The zero-order valence-corrected chi connectivity index (χ0v) is 18.4. The highest BCUT2D eigenvalue weighted by Crippen LogP contribution is 2.44. The van der Waals surface area contributed by atoms with Gasteiger partial charge in [-0.05, 0) is 44.4 Å². The van der Waals surface area contributed by atoms with Gasteiger partial charge in [0.1, 0.15) is 24.2 Å². The van der Waals surface area contributed by atoms with Crippen molar-refractivity contribution in [1.82, 2.24) is 19.1 Å². The highest BCUT2D eigenvalue weighted by Gasteiger charge is 2.58. The molecule has 0 saturated carbocycles. The van der Waals surface area contributed by atoms with Gasteiger partial charge in [0, 0.05) is 35.9 Å². The second-order valence-corrected chi connectivity index (χ2v) is 9.00. The summed E-state index contributed by atoms with van der Waals surface area (Å²) < 4.78 is 22.6. The molecule has 1 aromatic carbocycles. The number of benzene rings is 1. The average Bonchev–Trinajstić information content (AvgIpc) is 3.50. The summed E-state index contributed by atoms with van der Waals surface area (Å²) in [6, 6.07) is 9.70. The van der Waals surface area contributed by atoms with E-state index in [2.05, 4.69) is 9.97 Å². The molecule has 164 valence electrons. The van der Waals surface area contributed by atoms with Gasteiger partial charge in [-0.2, -0.15) is 0 Å². The summed E-state index contributed by atoms with van der Waals surface area (Å²) in [5.41, 5.74) is 3.21. The predicted octanol–water partition coefficient (Wildman–Crippen LogP) is 3.53. The molecule has 32 heavy (non-hydrogen) atoms. The van der Waals surface area contributed by atoms with Gasteiger partial charge in [-0.1, -0.05) is 12.1 Å². The third-order valence-corrected chi connectivity index (χ3v) is 6.44. The van der Waals surface area contributed by atoms with E-state index in [1.165, 1.54) is 6.33 Å². The summed E-state index contributed by atoms with van der Waals surface area (Å²) in [4.78, 5) is 22.3. The van der Waals surface area contributed by atoms with Gasteiger partial charge in [0.05, 0.1) is 5.69 Å². The molecule has 0 unspecified atom stereocenters. The van der Waals surface area contributed by atoms with Gasteiger partial charge >= 0.3 is 0 Å². The fourth-order valence-electron chi connectivity index (χ4n) is 4.89. The zero-order valence-electron chi connectivity index (χ0n) is 18.4. The first-order chi connectivity index (χ1) is 15.3. The molecule has 4 aromatic rings. The number of nitrogens with zero attached hydrogens (tertiary/aromatic N) is 4. The minimum absolute atomic E-state index is 0.117. The standard InChI is InChI=1S/C24H24N4O4/c1-13-16-8-10-28(22(16)26-12-25-13)23-21-20(31-24(2,3)32-21)19(30-23)18(29)15-6-5-14-7-9-27(4)17(14)11-15/h5-12,19-21,23H,1-4H3/t19-,20-,21-,23-/m1/s1. The van der Waals surface area contributed by atoms with E-state index in [4.69, 9.17) is 14.2 Å². The van der Waals surface area contributed by atoms with Crippen molar-refractivity contribution in [2.45, 2.75) is 51.1 Å². The van der Waals surface area contributed by atoms with Gasteiger partial charge in [0.15, 0.2) is 23.9 Å². The predicted molar refractivity (Wildman–Crippen MR) is 117 cm³/mol. The van der Waals surface area contributed by atoms with Crippen molar-refractivity contribution >= 4 is 27.7 Å². The number of hydrogen-bond donors (Lipinski definition) is 0. The Morgan fingerprint density at radius 2 is 1.88 bits per heavy atom. The number of aromatic nitrogens is 4. The Morgan fingerprint density at radius 3 is 2.72 bits per heavy atom. The van der Waals surface area contributed by atoms with Gasteiger partial charge in [-0.25, -0.2) is 9.97 Å². The van der Waals surface area contributed by atoms with Crippen molar-refractivity contribution < 1.29 is 19.0 Å². The monoisotopic (exact) mass is 432 g/mol. The molecule has 0 radical (unpaired) electrons. The Balaban J connectivity index is 1.40. The van der Waals surface area contributed by atoms with E-state index in [9.17, 15) is 4.79 Å².